The number of benzene rings is 1. The highest BCUT2D eigenvalue weighted by Gasteiger charge is 2.16. The zero-order valence-corrected chi connectivity index (χ0v) is 12.0. The molecule has 0 saturated carbocycles. The Balaban J connectivity index is 3.03. The Morgan fingerprint density at radius 3 is 2.50 bits per heavy atom. The van der Waals surface area contributed by atoms with E-state index in [0.29, 0.717) is 6.04 Å². The van der Waals surface area contributed by atoms with Crippen molar-refractivity contribution in [1.82, 2.24) is 0 Å². The molecule has 2 N–H and O–H groups in total. The van der Waals surface area contributed by atoms with Crippen molar-refractivity contribution >= 4 is 5.69 Å². The third kappa shape index (κ3) is 3.72. The SMILES string of the molecule is CC[C@H](N)c1ccccc1N(CCOC)C(C)C. The van der Waals surface area contributed by atoms with E-state index >= 15 is 0 Å². The van der Waals surface area contributed by atoms with Crippen molar-refractivity contribution in [1.29, 1.82) is 0 Å². The molecular weight excluding hydrogens is 224 g/mol. The first-order chi connectivity index (χ1) is 8.61. The van der Waals surface area contributed by atoms with Crippen molar-refractivity contribution in [3.8, 4) is 0 Å². The summed E-state index contributed by atoms with van der Waals surface area (Å²) in [5.41, 5.74) is 8.67. The van der Waals surface area contributed by atoms with Gasteiger partial charge in [0.25, 0.3) is 0 Å². The van der Waals surface area contributed by atoms with Gasteiger partial charge in [0.05, 0.1) is 6.61 Å². The van der Waals surface area contributed by atoms with E-state index in [9.17, 15) is 0 Å². The maximum Gasteiger partial charge on any atom is 0.0637 e. The van der Waals surface area contributed by atoms with Gasteiger partial charge in [-0.2, -0.15) is 0 Å². The standard InChI is InChI=1S/C15H26N2O/c1-5-14(16)13-8-6-7-9-15(13)17(12(2)3)10-11-18-4/h6-9,12,14H,5,10-11,16H2,1-4H3/t14-/m0/s1. The number of anilines is 1. The monoisotopic (exact) mass is 250 g/mol. The lowest BCUT2D eigenvalue weighted by molar-refractivity contribution is 0.203. The summed E-state index contributed by atoms with van der Waals surface area (Å²) in [5, 5.41) is 0. The van der Waals surface area contributed by atoms with Gasteiger partial charge >= 0.3 is 0 Å². The van der Waals surface area contributed by atoms with Crippen LogP contribution in [0.15, 0.2) is 24.3 Å². The number of rotatable bonds is 7. The van der Waals surface area contributed by atoms with Gasteiger partial charge in [0.15, 0.2) is 0 Å². The second-order valence-corrected chi connectivity index (χ2v) is 4.85. The molecule has 0 aliphatic rings. The largest absolute Gasteiger partial charge is 0.383 e. The van der Waals surface area contributed by atoms with Crippen LogP contribution in [0, 0.1) is 0 Å². The molecule has 0 bridgehead atoms. The quantitative estimate of drug-likeness (QED) is 0.808. The summed E-state index contributed by atoms with van der Waals surface area (Å²) in [5.74, 6) is 0. The van der Waals surface area contributed by atoms with Crippen LogP contribution in [-0.2, 0) is 4.74 Å². The number of nitrogens with two attached hydrogens (primary N) is 1. The first-order valence-corrected chi connectivity index (χ1v) is 6.71. The van der Waals surface area contributed by atoms with Gasteiger partial charge in [0.1, 0.15) is 0 Å². The van der Waals surface area contributed by atoms with Gasteiger partial charge in [-0.05, 0) is 31.9 Å². The Bertz CT molecular complexity index is 352. The predicted molar refractivity (Wildman–Crippen MR) is 78.0 cm³/mol. The molecule has 0 amide bonds. The smallest absolute Gasteiger partial charge is 0.0637 e. The fourth-order valence-electron chi connectivity index (χ4n) is 2.13. The van der Waals surface area contributed by atoms with Crippen LogP contribution in [0.5, 0.6) is 0 Å². The highest BCUT2D eigenvalue weighted by atomic mass is 16.5. The van der Waals surface area contributed by atoms with Crippen molar-refractivity contribution in [3.05, 3.63) is 29.8 Å². The average Bonchev–Trinajstić information content (AvgIpc) is 2.38. The summed E-state index contributed by atoms with van der Waals surface area (Å²) in [6.07, 6.45) is 0.952. The molecule has 0 heterocycles. The highest BCUT2D eigenvalue weighted by molar-refractivity contribution is 5.55. The first kappa shape index (κ1) is 15.0. The lowest BCUT2D eigenvalue weighted by Gasteiger charge is -2.32. The number of methoxy groups -OCH3 is 1. The third-order valence-corrected chi connectivity index (χ3v) is 3.25. The number of ether oxygens (including phenoxy) is 1. The first-order valence-electron chi connectivity index (χ1n) is 6.71. The van der Waals surface area contributed by atoms with Gasteiger partial charge in [0, 0.05) is 31.4 Å². The summed E-state index contributed by atoms with van der Waals surface area (Å²) < 4.78 is 5.20. The highest BCUT2D eigenvalue weighted by Crippen LogP contribution is 2.28. The van der Waals surface area contributed by atoms with Crippen LogP contribution in [0.25, 0.3) is 0 Å². The minimum Gasteiger partial charge on any atom is -0.383 e. The van der Waals surface area contributed by atoms with Gasteiger partial charge in [-0.3, -0.25) is 0 Å². The number of nitrogens with zero attached hydrogens (tertiary/aromatic N) is 1. The molecule has 3 nitrogen and oxygen atoms in total. The molecule has 0 aromatic heterocycles. The lowest BCUT2D eigenvalue weighted by Crippen LogP contribution is -2.35. The van der Waals surface area contributed by atoms with Gasteiger partial charge in [-0.1, -0.05) is 25.1 Å². The van der Waals surface area contributed by atoms with Crippen molar-refractivity contribution in [3.63, 3.8) is 0 Å². The zero-order valence-electron chi connectivity index (χ0n) is 12.0. The van der Waals surface area contributed by atoms with E-state index in [2.05, 4.69) is 49.9 Å². The number of para-hydroxylation sites is 1. The van der Waals surface area contributed by atoms with E-state index in [1.54, 1.807) is 7.11 Å². The minimum absolute atomic E-state index is 0.102. The van der Waals surface area contributed by atoms with Crippen molar-refractivity contribution < 1.29 is 4.74 Å². The van der Waals surface area contributed by atoms with Crippen LogP contribution >= 0.6 is 0 Å². The second-order valence-electron chi connectivity index (χ2n) is 4.85. The third-order valence-electron chi connectivity index (χ3n) is 3.25. The van der Waals surface area contributed by atoms with Gasteiger partial charge in [0.2, 0.25) is 0 Å². The molecule has 0 unspecified atom stereocenters. The van der Waals surface area contributed by atoms with E-state index in [0.717, 1.165) is 19.6 Å². The van der Waals surface area contributed by atoms with E-state index in [1.807, 2.05) is 0 Å². The van der Waals surface area contributed by atoms with Crippen LogP contribution in [-0.4, -0.2) is 26.3 Å². The molecule has 0 spiro atoms. The number of hydrogen-bond acceptors (Lipinski definition) is 3. The molecule has 1 atom stereocenters. The molecular formula is C15H26N2O. The van der Waals surface area contributed by atoms with E-state index in [-0.39, 0.29) is 6.04 Å². The lowest BCUT2D eigenvalue weighted by atomic mass is 10.0. The summed E-state index contributed by atoms with van der Waals surface area (Å²) in [6.45, 7) is 8.14. The fourth-order valence-corrected chi connectivity index (χ4v) is 2.13. The van der Waals surface area contributed by atoms with Crippen LogP contribution in [0.2, 0.25) is 0 Å². The Hall–Kier alpha value is -1.06. The molecule has 3 heteroatoms. The minimum atomic E-state index is 0.102. The van der Waals surface area contributed by atoms with E-state index < -0.39 is 0 Å². The van der Waals surface area contributed by atoms with E-state index in [1.165, 1.54) is 11.3 Å². The maximum absolute atomic E-state index is 6.20. The number of hydrogen-bond donors (Lipinski definition) is 1. The summed E-state index contributed by atoms with van der Waals surface area (Å²) in [6, 6.07) is 8.95. The molecule has 0 radical (unpaired) electrons. The molecule has 1 rings (SSSR count). The summed E-state index contributed by atoms with van der Waals surface area (Å²) in [7, 11) is 1.74. The normalized spacial score (nSPS) is 12.8. The van der Waals surface area contributed by atoms with E-state index in [4.69, 9.17) is 10.5 Å². The Kier molecular flexibility index (Phi) is 6.16. The van der Waals surface area contributed by atoms with Crippen LogP contribution in [0.3, 0.4) is 0 Å². The summed E-state index contributed by atoms with van der Waals surface area (Å²) >= 11 is 0. The zero-order chi connectivity index (χ0) is 13.5. The maximum atomic E-state index is 6.20. The topological polar surface area (TPSA) is 38.5 Å². The van der Waals surface area contributed by atoms with Crippen LogP contribution in [0.1, 0.15) is 38.8 Å². The summed E-state index contributed by atoms with van der Waals surface area (Å²) in [4.78, 5) is 2.36. The fraction of sp³-hybridized carbons (Fsp3) is 0.600. The Morgan fingerprint density at radius 1 is 1.28 bits per heavy atom. The Labute approximate surface area is 111 Å². The predicted octanol–water partition coefficient (Wildman–Crippen LogP) is 2.96. The van der Waals surface area contributed by atoms with Crippen molar-refractivity contribution in [2.45, 2.75) is 39.3 Å². The molecule has 0 aliphatic carbocycles. The second kappa shape index (κ2) is 7.39. The van der Waals surface area contributed by atoms with Gasteiger partial charge in [-0.25, -0.2) is 0 Å². The molecule has 1 aromatic carbocycles. The van der Waals surface area contributed by atoms with Gasteiger partial charge < -0.3 is 15.4 Å². The average molecular weight is 250 g/mol. The molecule has 0 fully saturated rings. The Morgan fingerprint density at radius 2 is 1.94 bits per heavy atom. The molecule has 102 valence electrons. The van der Waals surface area contributed by atoms with Crippen LogP contribution < -0.4 is 10.6 Å². The van der Waals surface area contributed by atoms with Crippen LogP contribution in [0.4, 0.5) is 5.69 Å². The van der Waals surface area contributed by atoms with Crippen molar-refractivity contribution in [2.75, 3.05) is 25.2 Å². The molecule has 18 heavy (non-hydrogen) atoms. The molecule has 0 saturated heterocycles. The van der Waals surface area contributed by atoms with Gasteiger partial charge in [-0.15, -0.1) is 0 Å². The molecule has 1 aromatic rings. The van der Waals surface area contributed by atoms with Crippen molar-refractivity contribution in [2.24, 2.45) is 5.73 Å². The molecule has 0 aliphatic heterocycles.